The average molecular weight is 187 g/mol. The summed E-state index contributed by atoms with van der Waals surface area (Å²) in [4.78, 5) is 12.4. The van der Waals surface area contributed by atoms with Crippen molar-refractivity contribution in [1.29, 1.82) is 0 Å². The van der Waals surface area contributed by atoms with Crippen LogP contribution in [0.4, 0.5) is 0 Å². The average Bonchev–Trinajstić information content (AvgIpc) is 2.10. The zero-order chi connectivity index (χ0) is 10.1. The van der Waals surface area contributed by atoms with E-state index in [9.17, 15) is 4.79 Å². The molecule has 0 N–H and O–H groups in total. The zero-order valence-corrected chi connectivity index (χ0v) is 8.95. The summed E-state index contributed by atoms with van der Waals surface area (Å²) in [6.45, 7) is 6.73. The normalized spacial score (nSPS) is 10.5. The summed E-state index contributed by atoms with van der Waals surface area (Å²) in [6.07, 6.45) is 2.93. The molecule has 3 heteroatoms. The van der Waals surface area contributed by atoms with Gasteiger partial charge in [-0.1, -0.05) is 13.8 Å². The monoisotopic (exact) mass is 187 g/mol. The topological polar surface area (TPSA) is 29.5 Å². The Labute approximate surface area is 81.1 Å². The molecule has 0 saturated heterocycles. The Morgan fingerprint density at radius 2 is 2.08 bits per heavy atom. The number of ether oxygens (including phenoxy) is 1. The van der Waals surface area contributed by atoms with Gasteiger partial charge in [0.2, 0.25) is 6.41 Å². The van der Waals surface area contributed by atoms with Crippen molar-refractivity contribution < 1.29 is 9.53 Å². The summed E-state index contributed by atoms with van der Waals surface area (Å²) in [7, 11) is 1.68. The number of rotatable bonds is 8. The Hall–Kier alpha value is -0.570. The quantitative estimate of drug-likeness (QED) is 0.426. The van der Waals surface area contributed by atoms with Crippen molar-refractivity contribution >= 4 is 6.41 Å². The SMILES string of the molecule is COCCCN(C=O)CCC(C)C. The molecule has 0 aromatic heterocycles. The molecule has 0 atom stereocenters. The molecule has 0 bridgehead atoms. The van der Waals surface area contributed by atoms with Crippen LogP contribution in [0.2, 0.25) is 0 Å². The molecule has 3 nitrogen and oxygen atoms in total. The minimum absolute atomic E-state index is 0.657. The number of methoxy groups -OCH3 is 1. The smallest absolute Gasteiger partial charge is 0.209 e. The van der Waals surface area contributed by atoms with E-state index in [1.165, 1.54) is 0 Å². The van der Waals surface area contributed by atoms with Crippen molar-refractivity contribution in [2.75, 3.05) is 26.8 Å². The van der Waals surface area contributed by atoms with Gasteiger partial charge in [0.15, 0.2) is 0 Å². The Bertz CT molecular complexity index is 126. The van der Waals surface area contributed by atoms with Crippen LogP contribution >= 0.6 is 0 Å². The number of hydrogen-bond donors (Lipinski definition) is 0. The Balaban J connectivity index is 3.45. The van der Waals surface area contributed by atoms with Gasteiger partial charge in [0.1, 0.15) is 0 Å². The molecular formula is C10H21NO2. The van der Waals surface area contributed by atoms with E-state index in [1.807, 2.05) is 4.90 Å². The molecule has 0 radical (unpaired) electrons. The van der Waals surface area contributed by atoms with Crippen molar-refractivity contribution in [3.63, 3.8) is 0 Å². The summed E-state index contributed by atoms with van der Waals surface area (Å²) in [5.41, 5.74) is 0. The number of hydrogen-bond acceptors (Lipinski definition) is 2. The molecule has 0 fully saturated rings. The van der Waals surface area contributed by atoms with Gasteiger partial charge >= 0.3 is 0 Å². The van der Waals surface area contributed by atoms with Crippen LogP contribution < -0.4 is 0 Å². The molecule has 0 unspecified atom stereocenters. The summed E-state index contributed by atoms with van der Waals surface area (Å²) in [5, 5.41) is 0. The molecule has 0 rings (SSSR count). The third-order valence-corrected chi connectivity index (χ3v) is 1.94. The van der Waals surface area contributed by atoms with Crippen LogP contribution in [0.25, 0.3) is 0 Å². The van der Waals surface area contributed by atoms with Gasteiger partial charge in [0.25, 0.3) is 0 Å². The van der Waals surface area contributed by atoms with E-state index in [4.69, 9.17) is 4.74 Å². The fourth-order valence-corrected chi connectivity index (χ4v) is 1.05. The molecular weight excluding hydrogens is 166 g/mol. The number of carbonyl (C=O) groups excluding carboxylic acids is 1. The highest BCUT2D eigenvalue weighted by molar-refractivity contribution is 5.46. The van der Waals surface area contributed by atoms with Crippen molar-refractivity contribution in [3.8, 4) is 0 Å². The second kappa shape index (κ2) is 8.05. The highest BCUT2D eigenvalue weighted by atomic mass is 16.5. The number of amides is 1. The van der Waals surface area contributed by atoms with E-state index in [1.54, 1.807) is 7.11 Å². The molecule has 1 amide bonds. The van der Waals surface area contributed by atoms with E-state index in [0.717, 1.165) is 38.9 Å². The second-order valence-electron chi connectivity index (χ2n) is 3.67. The van der Waals surface area contributed by atoms with E-state index in [0.29, 0.717) is 5.92 Å². The molecule has 0 aliphatic carbocycles. The van der Waals surface area contributed by atoms with Gasteiger partial charge in [-0.2, -0.15) is 0 Å². The van der Waals surface area contributed by atoms with Gasteiger partial charge in [0.05, 0.1) is 0 Å². The molecule has 0 saturated carbocycles. The Morgan fingerprint density at radius 3 is 2.54 bits per heavy atom. The van der Waals surface area contributed by atoms with Crippen molar-refractivity contribution in [2.45, 2.75) is 26.7 Å². The minimum Gasteiger partial charge on any atom is -0.385 e. The van der Waals surface area contributed by atoms with Crippen LogP contribution in [0.1, 0.15) is 26.7 Å². The summed E-state index contributed by atoms with van der Waals surface area (Å²) in [6, 6.07) is 0. The molecule has 78 valence electrons. The van der Waals surface area contributed by atoms with Gasteiger partial charge < -0.3 is 9.64 Å². The van der Waals surface area contributed by atoms with Crippen LogP contribution in [-0.2, 0) is 9.53 Å². The lowest BCUT2D eigenvalue weighted by Crippen LogP contribution is -2.26. The third kappa shape index (κ3) is 7.78. The molecule has 0 heterocycles. The van der Waals surface area contributed by atoms with Crippen LogP contribution in [0.5, 0.6) is 0 Å². The maximum absolute atomic E-state index is 10.6. The van der Waals surface area contributed by atoms with E-state index in [-0.39, 0.29) is 0 Å². The number of carbonyl (C=O) groups is 1. The van der Waals surface area contributed by atoms with Crippen LogP contribution in [-0.4, -0.2) is 38.1 Å². The first kappa shape index (κ1) is 12.4. The largest absolute Gasteiger partial charge is 0.385 e. The molecule has 0 aliphatic rings. The Kier molecular flexibility index (Phi) is 7.69. The molecule has 0 spiro atoms. The lowest BCUT2D eigenvalue weighted by atomic mass is 10.1. The van der Waals surface area contributed by atoms with Gasteiger partial charge in [-0.05, 0) is 18.8 Å². The van der Waals surface area contributed by atoms with Crippen LogP contribution in [0.15, 0.2) is 0 Å². The minimum atomic E-state index is 0.657. The first-order valence-electron chi connectivity index (χ1n) is 4.89. The summed E-state index contributed by atoms with van der Waals surface area (Å²) < 4.78 is 4.92. The van der Waals surface area contributed by atoms with Crippen molar-refractivity contribution in [2.24, 2.45) is 5.92 Å². The highest BCUT2D eigenvalue weighted by Crippen LogP contribution is 2.01. The molecule has 0 aromatic rings. The number of nitrogens with zero attached hydrogens (tertiary/aromatic N) is 1. The molecule has 13 heavy (non-hydrogen) atoms. The van der Waals surface area contributed by atoms with Crippen molar-refractivity contribution in [3.05, 3.63) is 0 Å². The van der Waals surface area contributed by atoms with Crippen LogP contribution in [0, 0.1) is 5.92 Å². The molecule has 0 aromatic carbocycles. The third-order valence-electron chi connectivity index (χ3n) is 1.94. The second-order valence-corrected chi connectivity index (χ2v) is 3.67. The predicted octanol–water partition coefficient (Wildman–Crippen LogP) is 1.53. The van der Waals surface area contributed by atoms with E-state index in [2.05, 4.69) is 13.8 Å². The van der Waals surface area contributed by atoms with Gasteiger partial charge in [-0.25, -0.2) is 0 Å². The Morgan fingerprint density at radius 1 is 1.38 bits per heavy atom. The first-order chi connectivity index (χ1) is 6.20. The maximum Gasteiger partial charge on any atom is 0.209 e. The van der Waals surface area contributed by atoms with E-state index < -0.39 is 0 Å². The van der Waals surface area contributed by atoms with Gasteiger partial charge in [-0.15, -0.1) is 0 Å². The van der Waals surface area contributed by atoms with Crippen molar-refractivity contribution in [1.82, 2.24) is 4.90 Å². The standard InChI is InChI=1S/C10H21NO2/c1-10(2)5-7-11(9-12)6-4-8-13-3/h9-10H,4-8H2,1-3H3. The van der Waals surface area contributed by atoms with Gasteiger partial charge in [0, 0.05) is 26.8 Å². The van der Waals surface area contributed by atoms with Crippen LogP contribution in [0.3, 0.4) is 0 Å². The van der Waals surface area contributed by atoms with E-state index >= 15 is 0 Å². The maximum atomic E-state index is 10.6. The first-order valence-corrected chi connectivity index (χ1v) is 4.89. The summed E-state index contributed by atoms with van der Waals surface area (Å²) in [5.74, 6) is 0.657. The van der Waals surface area contributed by atoms with Gasteiger partial charge in [-0.3, -0.25) is 4.79 Å². The lowest BCUT2D eigenvalue weighted by Gasteiger charge is -2.17. The molecule has 0 aliphatic heterocycles. The fourth-order valence-electron chi connectivity index (χ4n) is 1.05. The lowest BCUT2D eigenvalue weighted by molar-refractivity contribution is -0.118. The fraction of sp³-hybridized carbons (Fsp3) is 0.900. The highest BCUT2D eigenvalue weighted by Gasteiger charge is 2.02. The zero-order valence-electron chi connectivity index (χ0n) is 8.95. The summed E-state index contributed by atoms with van der Waals surface area (Å²) >= 11 is 0. The predicted molar refractivity (Wildman–Crippen MR) is 53.6 cm³/mol.